The summed E-state index contributed by atoms with van der Waals surface area (Å²) in [7, 11) is 1.40. The predicted octanol–water partition coefficient (Wildman–Crippen LogP) is 3.87. The van der Waals surface area contributed by atoms with Gasteiger partial charge in [-0.15, -0.1) is 12.4 Å². The summed E-state index contributed by atoms with van der Waals surface area (Å²) in [5.41, 5.74) is 1.63. The number of carbonyl (C=O) groups excluding carboxylic acids is 1. The molecule has 2 aromatic carbocycles. The molecule has 3 nitrogen and oxygen atoms in total. The lowest BCUT2D eigenvalue weighted by atomic mass is 10.0. The van der Waals surface area contributed by atoms with Crippen LogP contribution in [0.2, 0.25) is 0 Å². The average molecular weight is 280 g/mol. The van der Waals surface area contributed by atoms with Crippen molar-refractivity contribution in [3.63, 3.8) is 0 Å². The van der Waals surface area contributed by atoms with Crippen LogP contribution in [0, 0.1) is 0 Å². The van der Waals surface area contributed by atoms with E-state index in [4.69, 9.17) is 4.74 Å². The van der Waals surface area contributed by atoms with Gasteiger partial charge in [-0.2, -0.15) is 0 Å². The Bertz CT molecular complexity index is 581. The number of ether oxygens (including phenoxy) is 1. The van der Waals surface area contributed by atoms with Gasteiger partial charge in [-0.3, -0.25) is 0 Å². The standard InChI is InChI=1S/C15H17NO2.ClH/c1-10(2)16-14-9-8-13(15(17)18-3)11-6-4-5-7-12(11)14;/h4-10,16H,1-3H3;1H. The van der Waals surface area contributed by atoms with Gasteiger partial charge in [0, 0.05) is 17.1 Å². The van der Waals surface area contributed by atoms with Crippen molar-refractivity contribution in [3.05, 3.63) is 42.0 Å². The fourth-order valence-corrected chi connectivity index (χ4v) is 2.02. The summed E-state index contributed by atoms with van der Waals surface area (Å²) in [6.45, 7) is 4.17. The topological polar surface area (TPSA) is 38.3 Å². The molecule has 0 atom stereocenters. The molecule has 0 radical (unpaired) electrons. The van der Waals surface area contributed by atoms with Gasteiger partial charge >= 0.3 is 5.97 Å². The molecule has 0 aromatic heterocycles. The van der Waals surface area contributed by atoms with E-state index in [9.17, 15) is 4.79 Å². The number of anilines is 1. The third kappa shape index (κ3) is 3.18. The number of nitrogens with one attached hydrogen (secondary N) is 1. The molecule has 0 saturated carbocycles. The van der Waals surface area contributed by atoms with Crippen molar-refractivity contribution in [3.8, 4) is 0 Å². The summed E-state index contributed by atoms with van der Waals surface area (Å²) in [6.07, 6.45) is 0. The van der Waals surface area contributed by atoms with Crippen LogP contribution in [0.15, 0.2) is 36.4 Å². The van der Waals surface area contributed by atoms with Crippen molar-refractivity contribution in [2.24, 2.45) is 0 Å². The van der Waals surface area contributed by atoms with Crippen LogP contribution >= 0.6 is 12.4 Å². The number of fused-ring (bicyclic) bond motifs is 1. The van der Waals surface area contributed by atoms with Crippen LogP contribution in [0.25, 0.3) is 10.8 Å². The number of carbonyl (C=O) groups is 1. The largest absolute Gasteiger partial charge is 0.465 e. The molecular formula is C15H18ClNO2. The molecule has 1 N–H and O–H groups in total. The maximum Gasteiger partial charge on any atom is 0.338 e. The summed E-state index contributed by atoms with van der Waals surface area (Å²) in [4.78, 5) is 11.7. The van der Waals surface area contributed by atoms with Crippen molar-refractivity contribution < 1.29 is 9.53 Å². The summed E-state index contributed by atoms with van der Waals surface area (Å²) >= 11 is 0. The SMILES string of the molecule is COC(=O)c1ccc(NC(C)C)c2ccccc12.Cl. The van der Waals surface area contributed by atoms with Crippen LogP contribution in [0.1, 0.15) is 24.2 Å². The minimum atomic E-state index is -0.303. The number of esters is 1. The minimum absolute atomic E-state index is 0. The lowest BCUT2D eigenvalue weighted by Crippen LogP contribution is -2.11. The second-order valence-corrected chi connectivity index (χ2v) is 4.50. The number of rotatable bonds is 3. The molecule has 102 valence electrons. The van der Waals surface area contributed by atoms with Gasteiger partial charge in [0.15, 0.2) is 0 Å². The zero-order valence-electron chi connectivity index (χ0n) is 11.3. The van der Waals surface area contributed by atoms with E-state index in [0.29, 0.717) is 11.6 Å². The van der Waals surface area contributed by atoms with E-state index in [2.05, 4.69) is 19.2 Å². The zero-order chi connectivity index (χ0) is 13.1. The van der Waals surface area contributed by atoms with Gasteiger partial charge < -0.3 is 10.1 Å². The molecule has 0 saturated heterocycles. The Hall–Kier alpha value is -1.74. The smallest absolute Gasteiger partial charge is 0.338 e. The van der Waals surface area contributed by atoms with Gasteiger partial charge in [0.25, 0.3) is 0 Å². The van der Waals surface area contributed by atoms with E-state index < -0.39 is 0 Å². The first-order chi connectivity index (χ1) is 8.63. The van der Waals surface area contributed by atoms with E-state index in [0.717, 1.165) is 16.5 Å². The molecule has 0 amide bonds. The fraction of sp³-hybridized carbons (Fsp3) is 0.267. The van der Waals surface area contributed by atoms with Crippen LogP contribution in [0.5, 0.6) is 0 Å². The van der Waals surface area contributed by atoms with Gasteiger partial charge in [-0.1, -0.05) is 24.3 Å². The lowest BCUT2D eigenvalue weighted by Gasteiger charge is -2.14. The predicted molar refractivity (Wildman–Crippen MR) is 81.3 cm³/mol. The molecule has 4 heteroatoms. The monoisotopic (exact) mass is 279 g/mol. The van der Waals surface area contributed by atoms with Crippen molar-refractivity contribution in [1.82, 2.24) is 0 Å². The summed E-state index contributed by atoms with van der Waals surface area (Å²) in [5.74, 6) is -0.303. The van der Waals surface area contributed by atoms with Crippen molar-refractivity contribution in [2.75, 3.05) is 12.4 Å². The minimum Gasteiger partial charge on any atom is -0.465 e. The zero-order valence-corrected chi connectivity index (χ0v) is 12.1. The number of benzene rings is 2. The average Bonchev–Trinajstić information content (AvgIpc) is 2.38. The molecule has 0 fully saturated rings. The Morgan fingerprint density at radius 3 is 2.32 bits per heavy atom. The second kappa shape index (κ2) is 6.43. The molecule has 0 unspecified atom stereocenters. The highest BCUT2D eigenvalue weighted by atomic mass is 35.5. The van der Waals surface area contributed by atoms with Gasteiger partial charge in [0.1, 0.15) is 0 Å². The molecule has 0 heterocycles. The van der Waals surface area contributed by atoms with Crippen LogP contribution in [0.3, 0.4) is 0 Å². The molecule has 0 spiro atoms. The second-order valence-electron chi connectivity index (χ2n) is 4.50. The Morgan fingerprint density at radius 2 is 1.74 bits per heavy atom. The van der Waals surface area contributed by atoms with Gasteiger partial charge in [-0.25, -0.2) is 4.79 Å². The van der Waals surface area contributed by atoms with E-state index in [1.54, 1.807) is 6.07 Å². The van der Waals surface area contributed by atoms with Gasteiger partial charge in [-0.05, 0) is 31.4 Å². The molecule has 0 aliphatic carbocycles. The first kappa shape index (κ1) is 15.3. The first-order valence-corrected chi connectivity index (χ1v) is 6.00. The Balaban J connectivity index is 0.00000180. The molecular weight excluding hydrogens is 262 g/mol. The van der Waals surface area contributed by atoms with Gasteiger partial charge in [0.05, 0.1) is 12.7 Å². The summed E-state index contributed by atoms with van der Waals surface area (Å²) in [6, 6.07) is 11.9. The van der Waals surface area contributed by atoms with E-state index in [1.807, 2.05) is 30.3 Å². The maximum atomic E-state index is 11.7. The Kier molecular flexibility index (Phi) is 5.19. The fourth-order valence-electron chi connectivity index (χ4n) is 2.02. The third-order valence-corrected chi connectivity index (χ3v) is 2.77. The van der Waals surface area contributed by atoms with Crippen molar-refractivity contribution >= 4 is 34.8 Å². The maximum absolute atomic E-state index is 11.7. The van der Waals surface area contributed by atoms with Crippen molar-refractivity contribution in [2.45, 2.75) is 19.9 Å². The van der Waals surface area contributed by atoms with E-state index in [-0.39, 0.29) is 18.4 Å². The van der Waals surface area contributed by atoms with E-state index >= 15 is 0 Å². The van der Waals surface area contributed by atoms with Crippen LogP contribution < -0.4 is 5.32 Å². The molecule has 0 aliphatic heterocycles. The molecule has 19 heavy (non-hydrogen) atoms. The molecule has 0 aliphatic rings. The highest BCUT2D eigenvalue weighted by Gasteiger charge is 2.12. The molecule has 0 bridgehead atoms. The number of hydrogen-bond acceptors (Lipinski definition) is 3. The van der Waals surface area contributed by atoms with Gasteiger partial charge in [0.2, 0.25) is 0 Å². The summed E-state index contributed by atoms with van der Waals surface area (Å²) in [5, 5.41) is 5.33. The highest BCUT2D eigenvalue weighted by molar-refractivity contribution is 6.08. The number of halogens is 1. The Labute approximate surface area is 119 Å². The highest BCUT2D eigenvalue weighted by Crippen LogP contribution is 2.27. The number of methoxy groups -OCH3 is 1. The quantitative estimate of drug-likeness (QED) is 0.867. The third-order valence-electron chi connectivity index (χ3n) is 2.77. The molecule has 2 rings (SSSR count). The summed E-state index contributed by atoms with van der Waals surface area (Å²) < 4.78 is 4.81. The van der Waals surface area contributed by atoms with E-state index in [1.165, 1.54) is 7.11 Å². The van der Waals surface area contributed by atoms with Crippen LogP contribution in [-0.2, 0) is 4.74 Å². The molecule has 2 aromatic rings. The van der Waals surface area contributed by atoms with Crippen molar-refractivity contribution in [1.29, 1.82) is 0 Å². The Morgan fingerprint density at radius 1 is 1.11 bits per heavy atom. The normalized spacial score (nSPS) is 10.1. The first-order valence-electron chi connectivity index (χ1n) is 6.00. The number of hydrogen-bond donors (Lipinski definition) is 1. The lowest BCUT2D eigenvalue weighted by molar-refractivity contribution is 0.0603. The van der Waals surface area contributed by atoms with Crippen LogP contribution in [0.4, 0.5) is 5.69 Å². The van der Waals surface area contributed by atoms with Crippen LogP contribution in [-0.4, -0.2) is 19.1 Å².